The molecule has 0 heteroatoms. The first-order valence-corrected chi connectivity index (χ1v) is 6.48. The molecule has 0 amide bonds. The van der Waals surface area contributed by atoms with E-state index in [2.05, 4.69) is 19.9 Å². The van der Waals surface area contributed by atoms with Crippen molar-refractivity contribution in [1.29, 1.82) is 0 Å². The van der Waals surface area contributed by atoms with Crippen molar-refractivity contribution in [3.8, 4) is 0 Å². The zero-order valence-electron chi connectivity index (χ0n) is 9.76. The van der Waals surface area contributed by atoms with Crippen molar-refractivity contribution in [2.45, 2.75) is 58.8 Å². The van der Waals surface area contributed by atoms with Gasteiger partial charge in [-0.25, -0.2) is 0 Å². The Kier molecular flexibility index (Phi) is 3.30. The first-order valence-electron chi connectivity index (χ1n) is 6.48. The first-order chi connectivity index (χ1) is 6.77. The Bertz CT molecular complexity index is 210. The van der Waals surface area contributed by atoms with Crippen molar-refractivity contribution in [1.82, 2.24) is 0 Å². The fourth-order valence-corrected chi connectivity index (χ4v) is 3.43. The molecule has 0 radical (unpaired) electrons. The lowest BCUT2D eigenvalue weighted by molar-refractivity contribution is 0.222. The van der Waals surface area contributed by atoms with Gasteiger partial charge in [0.25, 0.3) is 0 Å². The van der Waals surface area contributed by atoms with E-state index in [1.807, 2.05) is 5.57 Å². The van der Waals surface area contributed by atoms with E-state index in [0.717, 1.165) is 17.8 Å². The fraction of sp³-hybridized carbons (Fsp3) is 0.857. The SMILES string of the molecule is CC(C)/C=C1\CCCC2CCCCC12. The molecule has 0 aliphatic heterocycles. The summed E-state index contributed by atoms with van der Waals surface area (Å²) in [5.41, 5.74) is 1.82. The molecule has 0 aromatic carbocycles. The van der Waals surface area contributed by atoms with E-state index in [9.17, 15) is 0 Å². The molecule has 2 aliphatic carbocycles. The van der Waals surface area contributed by atoms with Gasteiger partial charge in [-0.15, -0.1) is 0 Å². The van der Waals surface area contributed by atoms with Crippen molar-refractivity contribution < 1.29 is 0 Å². The number of rotatable bonds is 1. The number of allylic oxidation sites excluding steroid dienone is 2. The monoisotopic (exact) mass is 192 g/mol. The Morgan fingerprint density at radius 2 is 1.79 bits per heavy atom. The third-order valence-electron chi connectivity index (χ3n) is 3.97. The largest absolute Gasteiger partial charge is 0.0825 e. The summed E-state index contributed by atoms with van der Waals surface area (Å²) in [5.74, 6) is 2.80. The molecule has 0 aromatic rings. The van der Waals surface area contributed by atoms with Gasteiger partial charge in [-0.3, -0.25) is 0 Å². The van der Waals surface area contributed by atoms with Gasteiger partial charge in [-0.05, 0) is 49.9 Å². The summed E-state index contributed by atoms with van der Waals surface area (Å²) in [4.78, 5) is 0. The van der Waals surface area contributed by atoms with Crippen molar-refractivity contribution in [2.75, 3.05) is 0 Å². The quantitative estimate of drug-likeness (QED) is 0.534. The van der Waals surface area contributed by atoms with E-state index >= 15 is 0 Å². The van der Waals surface area contributed by atoms with Gasteiger partial charge < -0.3 is 0 Å². The molecule has 0 aromatic heterocycles. The molecule has 2 rings (SSSR count). The van der Waals surface area contributed by atoms with Crippen LogP contribution in [0.4, 0.5) is 0 Å². The minimum absolute atomic E-state index is 0.755. The highest BCUT2D eigenvalue weighted by Gasteiger charge is 2.30. The average molecular weight is 192 g/mol. The molecular formula is C14H24. The summed E-state index contributed by atoms with van der Waals surface area (Å²) in [5, 5.41) is 0. The summed E-state index contributed by atoms with van der Waals surface area (Å²) < 4.78 is 0. The van der Waals surface area contributed by atoms with E-state index in [4.69, 9.17) is 0 Å². The minimum atomic E-state index is 0.755. The highest BCUT2D eigenvalue weighted by molar-refractivity contribution is 5.13. The maximum atomic E-state index is 2.56. The van der Waals surface area contributed by atoms with Gasteiger partial charge in [0.2, 0.25) is 0 Å². The van der Waals surface area contributed by atoms with Crippen LogP contribution in [0.3, 0.4) is 0 Å². The second kappa shape index (κ2) is 4.51. The highest BCUT2D eigenvalue weighted by Crippen LogP contribution is 2.43. The molecular weight excluding hydrogens is 168 g/mol. The van der Waals surface area contributed by atoms with Crippen LogP contribution < -0.4 is 0 Å². The lowest BCUT2D eigenvalue weighted by Gasteiger charge is -2.38. The van der Waals surface area contributed by atoms with Crippen LogP contribution in [-0.4, -0.2) is 0 Å². The first kappa shape index (κ1) is 10.3. The molecule has 14 heavy (non-hydrogen) atoms. The van der Waals surface area contributed by atoms with Crippen LogP contribution in [-0.2, 0) is 0 Å². The highest BCUT2D eigenvalue weighted by atomic mass is 14.4. The van der Waals surface area contributed by atoms with Crippen LogP contribution in [0, 0.1) is 17.8 Å². The molecule has 2 unspecified atom stereocenters. The van der Waals surface area contributed by atoms with Gasteiger partial charge in [-0.2, -0.15) is 0 Å². The summed E-state index contributed by atoms with van der Waals surface area (Å²) in [6.07, 6.45) is 12.9. The van der Waals surface area contributed by atoms with Crippen molar-refractivity contribution in [3.63, 3.8) is 0 Å². The summed E-state index contributed by atoms with van der Waals surface area (Å²) in [6, 6.07) is 0. The molecule has 80 valence electrons. The lowest BCUT2D eigenvalue weighted by atomic mass is 9.68. The van der Waals surface area contributed by atoms with Crippen LogP contribution in [0.15, 0.2) is 11.6 Å². The lowest BCUT2D eigenvalue weighted by Crippen LogP contribution is -2.25. The summed E-state index contributed by atoms with van der Waals surface area (Å²) in [7, 11) is 0. The Balaban J connectivity index is 2.08. The normalized spacial score (nSPS) is 36.1. The van der Waals surface area contributed by atoms with E-state index in [0.29, 0.717) is 0 Å². The molecule has 2 aliphatic rings. The van der Waals surface area contributed by atoms with Gasteiger partial charge in [0.1, 0.15) is 0 Å². The van der Waals surface area contributed by atoms with Crippen LogP contribution in [0.2, 0.25) is 0 Å². The summed E-state index contributed by atoms with van der Waals surface area (Å²) >= 11 is 0. The van der Waals surface area contributed by atoms with Gasteiger partial charge >= 0.3 is 0 Å². The van der Waals surface area contributed by atoms with E-state index in [1.165, 1.54) is 44.9 Å². The third-order valence-corrected chi connectivity index (χ3v) is 3.97. The predicted molar refractivity (Wildman–Crippen MR) is 62.2 cm³/mol. The molecule has 0 N–H and O–H groups in total. The summed E-state index contributed by atoms with van der Waals surface area (Å²) in [6.45, 7) is 4.64. The molecule has 2 fully saturated rings. The van der Waals surface area contributed by atoms with Crippen molar-refractivity contribution >= 4 is 0 Å². The standard InChI is InChI=1S/C14H24/c1-11(2)10-13-8-5-7-12-6-3-4-9-14(12)13/h10-12,14H,3-9H2,1-2H3/b13-10+. The second-order valence-electron chi connectivity index (χ2n) is 5.53. The molecule has 0 heterocycles. The number of fused-ring (bicyclic) bond motifs is 1. The van der Waals surface area contributed by atoms with Crippen LogP contribution in [0.25, 0.3) is 0 Å². The Hall–Kier alpha value is -0.260. The zero-order chi connectivity index (χ0) is 9.97. The van der Waals surface area contributed by atoms with Gasteiger partial charge in [0, 0.05) is 0 Å². The maximum Gasteiger partial charge on any atom is -0.0175 e. The number of hydrogen-bond donors (Lipinski definition) is 0. The average Bonchev–Trinajstić information content (AvgIpc) is 2.18. The van der Waals surface area contributed by atoms with Crippen LogP contribution in [0.5, 0.6) is 0 Å². The molecule has 2 atom stereocenters. The molecule has 0 nitrogen and oxygen atoms in total. The van der Waals surface area contributed by atoms with Gasteiger partial charge in [0.05, 0.1) is 0 Å². The second-order valence-corrected chi connectivity index (χ2v) is 5.53. The maximum absolute atomic E-state index is 2.56. The Labute approximate surface area is 88.8 Å². The van der Waals surface area contributed by atoms with Gasteiger partial charge in [0.15, 0.2) is 0 Å². The van der Waals surface area contributed by atoms with E-state index < -0.39 is 0 Å². The zero-order valence-corrected chi connectivity index (χ0v) is 9.76. The smallest absolute Gasteiger partial charge is 0.0175 e. The molecule has 2 saturated carbocycles. The van der Waals surface area contributed by atoms with E-state index in [1.54, 1.807) is 0 Å². The minimum Gasteiger partial charge on any atom is -0.0825 e. The molecule has 0 spiro atoms. The van der Waals surface area contributed by atoms with Crippen LogP contribution >= 0.6 is 0 Å². The third kappa shape index (κ3) is 2.21. The Morgan fingerprint density at radius 1 is 1.07 bits per heavy atom. The molecule has 0 saturated heterocycles. The Morgan fingerprint density at radius 3 is 2.57 bits per heavy atom. The number of hydrogen-bond acceptors (Lipinski definition) is 0. The topological polar surface area (TPSA) is 0 Å². The fourth-order valence-electron chi connectivity index (χ4n) is 3.43. The van der Waals surface area contributed by atoms with Gasteiger partial charge in [-0.1, -0.05) is 38.3 Å². The van der Waals surface area contributed by atoms with Crippen molar-refractivity contribution in [2.24, 2.45) is 17.8 Å². The molecule has 0 bridgehead atoms. The van der Waals surface area contributed by atoms with Crippen molar-refractivity contribution in [3.05, 3.63) is 11.6 Å². The predicted octanol–water partition coefficient (Wildman–Crippen LogP) is 4.56. The van der Waals surface area contributed by atoms with Crippen LogP contribution in [0.1, 0.15) is 58.8 Å². The van der Waals surface area contributed by atoms with E-state index in [-0.39, 0.29) is 0 Å².